The van der Waals surface area contributed by atoms with Crippen LogP contribution in [0.15, 0.2) is 35.6 Å². The van der Waals surface area contributed by atoms with Gasteiger partial charge in [-0.3, -0.25) is 9.79 Å². The Labute approximate surface area is 165 Å². The Bertz CT molecular complexity index is 989. The van der Waals surface area contributed by atoms with E-state index in [1.54, 1.807) is 25.1 Å². The topological polar surface area (TPSA) is 137 Å². The standard InChI is InChI=1S/C17H22N5O4PS/c1-10(18)21-14(9-28(3,24)25)12-6-11(4-5-15(12)27)22-17(23)13-7-20-16(26-2)8-19-13/h4-8,14H,9,27H2,1-3H3,(H2,18,21)(H,22,23). The number of sulfone groups is 1. The summed E-state index contributed by atoms with van der Waals surface area (Å²) >= 11 is 0. The zero-order valence-corrected chi connectivity index (χ0v) is 17.7. The molecule has 1 aromatic heterocycles. The lowest BCUT2D eigenvalue weighted by atomic mass is 10.1. The molecule has 0 radical (unpaired) electrons. The molecule has 11 heteroatoms. The number of aliphatic imine (C=N–C) groups is 1. The number of amidine groups is 1. The van der Waals surface area contributed by atoms with Gasteiger partial charge in [-0.1, -0.05) is 6.07 Å². The number of carbonyl (C=O) groups excluding carboxylic acids is 1. The lowest BCUT2D eigenvalue weighted by molar-refractivity contribution is 0.102. The third-order valence-corrected chi connectivity index (χ3v) is 5.04. The molecule has 2 rings (SSSR count). The Morgan fingerprint density at radius 1 is 1.36 bits per heavy atom. The minimum absolute atomic E-state index is 0.112. The SMILES string of the molecule is COc1cnc(C(=O)Nc2ccc(P)c(C(CS(C)(=O)=O)N=C(C)N)c2)cn1. The highest BCUT2D eigenvalue weighted by molar-refractivity contribution is 7.90. The fourth-order valence-electron chi connectivity index (χ4n) is 2.40. The Morgan fingerprint density at radius 3 is 2.61 bits per heavy atom. The van der Waals surface area contributed by atoms with E-state index >= 15 is 0 Å². The number of carbonyl (C=O) groups is 1. The van der Waals surface area contributed by atoms with Crippen molar-refractivity contribution in [2.24, 2.45) is 10.7 Å². The van der Waals surface area contributed by atoms with Crippen LogP contribution < -0.4 is 21.1 Å². The van der Waals surface area contributed by atoms with Crippen LogP contribution in [0.5, 0.6) is 5.88 Å². The van der Waals surface area contributed by atoms with Crippen LogP contribution in [0.25, 0.3) is 0 Å². The predicted octanol–water partition coefficient (Wildman–Crippen LogP) is 0.701. The molecule has 0 fully saturated rings. The van der Waals surface area contributed by atoms with Crippen molar-refractivity contribution in [3.05, 3.63) is 41.9 Å². The number of benzene rings is 1. The van der Waals surface area contributed by atoms with Gasteiger partial charge in [0.15, 0.2) is 0 Å². The van der Waals surface area contributed by atoms with Crippen molar-refractivity contribution in [3.63, 3.8) is 0 Å². The van der Waals surface area contributed by atoms with Gasteiger partial charge in [-0.25, -0.2) is 18.4 Å². The van der Waals surface area contributed by atoms with Crippen molar-refractivity contribution in [2.75, 3.05) is 24.4 Å². The van der Waals surface area contributed by atoms with Crippen LogP contribution in [0.2, 0.25) is 0 Å². The van der Waals surface area contributed by atoms with Gasteiger partial charge in [0.1, 0.15) is 15.5 Å². The summed E-state index contributed by atoms with van der Waals surface area (Å²) in [6.45, 7) is 1.59. The minimum Gasteiger partial charge on any atom is -0.480 e. The molecule has 2 aromatic rings. The molecule has 0 aliphatic heterocycles. The van der Waals surface area contributed by atoms with E-state index in [1.807, 2.05) is 0 Å². The number of hydrogen-bond donors (Lipinski definition) is 2. The molecule has 2 atom stereocenters. The highest BCUT2D eigenvalue weighted by atomic mass is 32.2. The van der Waals surface area contributed by atoms with Crippen LogP contribution in [0.4, 0.5) is 5.69 Å². The number of amides is 1. The molecule has 0 aliphatic carbocycles. The fourth-order valence-corrected chi connectivity index (χ4v) is 3.60. The van der Waals surface area contributed by atoms with Gasteiger partial charge in [0.2, 0.25) is 5.88 Å². The van der Waals surface area contributed by atoms with E-state index in [4.69, 9.17) is 10.5 Å². The number of ether oxygens (including phenoxy) is 1. The molecule has 3 N–H and O–H groups in total. The number of hydrogen-bond acceptors (Lipinski definition) is 7. The summed E-state index contributed by atoms with van der Waals surface area (Å²) in [7, 11) is 0.678. The third-order valence-electron chi connectivity index (χ3n) is 3.59. The van der Waals surface area contributed by atoms with E-state index in [1.165, 1.54) is 19.5 Å². The fraction of sp³-hybridized carbons (Fsp3) is 0.294. The molecule has 0 bridgehead atoms. The van der Waals surface area contributed by atoms with Crippen molar-refractivity contribution in [3.8, 4) is 5.88 Å². The van der Waals surface area contributed by atoms with Gasteiger partial charge in [-0.05, 0) is 29.9 Å². The highest BCUT2D eigenvalue weighted by Gasteiger charge is 2.20. The van der Waals surface area contributed by atoms with Gasteiger partial charge in [-0.2, -0.15) is 0 Å². The maximum atomic E-state index is 12.4. The molecule has 150 valence electrons. The second-order valence-corrected chi connectivity index (χ2v) is 8.93. The summed E-state index contributed by atoms with van der Waals surface area (Å²) < 4.78 is 28.5. The average Bonchev–Trinajstić information content (AvgIpc) is 2.61. The summed E-state index contributed by atoms with van der Waals surface area (Å²) in [5, 5.41) is 3.46. The van der Waals surface area contributed by atoms with Crippen LogP contribution in [0.1, 0.15) is 29.0 Å². The first-order valence-electron chi connectivity index (χ1n) is 8.13. The lowest BCUT2D eigenvalue weighted by Crippen LogP contribution is -2.20. The molecular formula is C17H22N5O4PS. The van der Waals surface area contributed by atoms with Gasteiger partial charge in [0.05, 0.1) is 37.1 Å². The third kappa shape index (κ3) is 6.24. The monoisotopic (exact) mass is 423 g/mol. The Hall–Kier alpha value is -2.58. The van der Waals surface area contributed by atoms with Crippen LogP contribution in [-0.2, 0) is 9.84 Å². The zero-order valence-electron chi connectivity index (χ0n) is 15.7. The summed E-state index contributed by atoms with van der Waals surface area (Å²) in [5.74, 6) is -0.105. The maximum Gasteiger partial charge on any atom is 0.275 e. The first-order valence-corrected chi connectivity index (χ1v) is 10.8. The Morgan fingerprint density at radius 2 is 2.07 bits per heavy atom. The number of rotatable bonds is 7. The van der Waals surface area contributed by atoms with Crippen molar-refractivity contribution in [1.82, 2.24) is 9.97 Å². The van der Waals surface area contributed by atoms with Gasteiger partial charge >= 0.3 is 0 Å². The molecule has 0 aliphatic rings. The molecule has 0 saturated heterocycles. The van der Waals surface area contributed by atoms with Crippen molar-refractivity contribution in [2.45, 2.75) is 13.0 Å². The van der Waals surface area contributed by atoms with Gasteiger partial charge in [0.25, 0.3) is 5.91 Å². The Balaban J connectivity index is 2.32. The van der Waals surface area contributed by atoms with Crippen LogP contribution >= 0.6 is 9.24 Å². The van der Waals surface area contributed by atoms with Crippen molar-refractivity contribution < 1.29 is 17.9 Å². The molecule has 1 aromatic carbocycles. The number of aromatic nitrogens is 2. The van der Waals surface area contributed by atoms with Gasteiger partial charge in [-0.15, -0.1) is 9.24 Å². The number of nitrogens with zero attached hydrogens (tertiary/aromatic N) is 3. The van der Waals surface area contributed by atoms with Gasteiger partial charge < -0.3 is 15.8 Å². The van der Waals surface area contributed by atoms with E-state index in [9.17, 15) is 13.2 Å². The zero-order chi connectivity index (χ0) is 20.9. The Kier molecular flexibility index (Phi) is 7.04. The van der Waals surface area contributed by atoms with Crippen LogP contribution in [-0.4, -0.2) is 49.2 Å². The van der Waals surface area contributed by atoms with Crippen molar-refractivity contribution in [1.29, 1.82) is 0 Å². The number of nitrogens with one attached hydrogen (secondary N) is 1. The van der Waals surface area contributed by atoms with E-state index in [0.717, 1.165) is 11.6 Å². The molecule has 2 unspecified atom stereocenters. The van der Waals surface area contributed by atoms with Crippen LogP contribution in [0, 0.1) is 0 Å². The normalized spacial score (nSPS) is 13.1. The second kappa shape index (κ2) is 9.07. The predicted molar refractivity (Wildman–Crippen MR) is 112 cm³/mol. The van der Waals surface area contributed by atoms with Gasteiger partial charge in [0, 0.05) is 11.9 Å². The molecule has 9 nitrogen and oxygen atoms in total. The summed E-state index contributed by atoms with van der Waals surface area (Å²) in [5.41, 5.74) is 6.87. The first-order chi connectivity index (χ1) is 13.1. The van der Waals surface area contributed by atoms with Crippen molar-refractivity contribution >= 4 is 41.8 Å². The summed E-state index contributed by atoms with van der Waals surface area (Å²) in [6.07, 6.45) is 3.78. The van der Waals surface area contributed by atoms with E-state index in [-0.39, 0.29) is 17.3 Å². The molecule has 0 saturated carbocycles. The second-order valence-electron chi connectivity index (χ2n) is 6.12. The maximum absolute atomic E-state index is 12.4. The van der Waals surface area contributed by atoms with E-state index < -0.39 is 21.8 Å². The van der Waals surface area contributed by atoms with E-state index in [2.05, 4.69) is 29.5 Å². The molecule has 0 spiro atoms. The average molecular weight is 423 g/mol. The summed E-state index contributed by atoms with van der Waals surface area (Å²) in [6, 6.07) is 4.41. The number of nitrogens with two attached hydrogens (primary N) is 1. The summed E-state index contributed by atoms with van der Waals surface area (Å²) in [4.78, 5) is 24.6. The smallest absolute Gasteiger partial charge is 0.275 e. The molecular weight excluding hydrogens is 401 g/mol. The largest absolute Gasteiger partial charge is 0.480 e. The number of anilines is 1. The molecule has 1 amide bonds. The lowest BCUT2D eigenvalue weighted by Gasteiger charge is -2.17. The van der Waals surface area contributed by atoms with Crippen LogP contribution in [0.3, 0.4) is 0 Å². The quantitative estimate of drug-likeness (QED) is 0.380. The molecule has 1 heterocycles. The minimum atomic E-state index is -3.31. The highest BCUT2D eigenvalue weighted by Crippen LogP contribution is 2.23. The molecule has 28 heavy (non-hydrogen) atoms. The van der Waals surface area contributed by atoms with E-state index in [0.29, 0.717) is 17.1 Å². The number of methoxy groups -OCH3 is 1. The first kappa shape index (κ1) is 21.7.